The Morgan fingerprint density at radius 1 is 1.56 bits per heavy atom. The quantitative estimate of drug-likeness (QED) is 0.882. The number of benzene rings is 1. The largest absolute Gasteiger partial charge is 0.480 e. The predicted octanol–water partition coefficient (Wildman–Crippen LogP) is 1.60. The van der Waals surface area contributed by atoms with Crippen LogP contribution in [0.3, 0.4) is 0 Å². The molecule has 3 N–H and O–H groups in total. The van der Waals surface area contributed by atoms with Gasteiger partial charge < -0.3 is 15.7 Å². The number of hydrogen-bond donors (Lipinski definition) is 2. The van der Waals surface area contributed by atoms with Crippen LogP contribution in [0.5, 0.6) is 0 Å². The van der Waals surface area contributed by atoms with Crippen molar-refractivity contribution >= 4 is 21.9 Å². The molecule has 0 spiro atoms. The summed E-state index contributed by atoms with van der Waals surface area (Å²) in [6.07, 6.45) is 0. The van der Waals surface area contributed by atoms with Gasteiger partial charge in [-0.2, -0.15) is 0 Å². The molecule has 0 aliphatic heterocycles. The molecule has 0 aliphatic carbocycles. The summed E-state index contributed by atoms with van der Waals surface area (Å²) in [4.78, 5) is 12.8. The molecule has 1 aromatic rings. The normalized spacial score (nSPS) is 12.8. The fourth-order valence-electron chi connectivity index (χ4n) is 1.37. The van der Waals surface area contributed by atoms with Crippen LogP contribution in [0.15, 0.2) is 22.7 Å². The van der Waals surface area contributed by atoms with Gasteiger partial charge >= 0.3 is 5.97 Å². The summed E-state index contributed by atoms with van der Waals surface area (Å²) in [5, 5.41) is 8.79. The first-order chi connectivity index (χ1) is 7.41. The van der Waals surface area contributed by atoms with Crippen LogP contribution in [0.4, 0.5) is 0 Å². The number of nitrogens with zero attached hydrogens (tertiary/aromatic N) is 1. The highest BCUT2D eigenvalue weighted by Crippen LogP contribution is 2.22. The lowest BCUT2D eigenvalue weighted by Crippen LogP contribution is -2.20. The van der Waals surface area contributed by atoms with Crippen LogP contribution in [0, 0.1) is 0 Å². The second kappa shape index (κ2) is 5.43. The van der Waals surface area contributed by atoms with Crippen molar-refractivity contribution in [2.75, 3.05) is 14.1 Å². The van der Waals surface area contributed by atoms with Crippen molar-refractivity contribution < 1.29 is 9.90 Å². The van der Waals surface area contributed by atoms with Crippen molar-refractivity contribution in [3.05, 3.63) is 33.8 Å². The highest BCUT2D eigenvalue weighted by atomic mass is 79.9. The maximum atomic E-state index is 10.7. The molecule has 0 saturated heterocycles. The van der Waals surface area contributed by atoms with Crippen LogP contribution in [-0.4, -0.2) is 30.1 Å². The number of carboxylic acids is 1. The molecule has 88 valence electrons. The van der Waals surface area contributed by atoms with Gasteiger partial charge in [-0.25, -0.2) is 0 Å². The van der Waals surface area contributed by atoms with Crippen LogP contribution in [0.25, 0.3) is 0 Å². The van der Waals surface area contributed by atoms with E-state index in [1.54, 1.807) is 12.1 Å². The van der Waals surface area contributed by atoms with E-state index in [2.05, 4.69) is 15.9 Å². The number of carbonyl (C=O) groups is 1. The molecule has 0 heterocycles. The van der Waals surface area contributed by atoms with Gasteiger partial charge in [0.25, 0.3) is 0 Å². The molecule has 1 unspecified atom stereocenters. The van der Waals surface area contributed by atoms with E-state index in [9.17, 15) is 4.79 Å². The summed E-state index contributed by atoms with van der Waals surface area (Å²) < 4.78 is 0.885. The van der Waals surface area contributed by atoms with Crippen molar-refractivity contribution in [3.8, 4) is 0 Å². The summed E-state index contributed by atoms with van der Waals surface area (Å²) in [5.41, 5.74) is 7.23. The summed E-state index contributed by atoms with van der Waals surface area (Å²) in [7, 11) is 3.95. The van der Waals surface area contributed by atoms with Gasteiger partial charge in [-0.05, 0) is 31.3 Å². The van der Waals surface area contributed by atoms with Crippen molar-refractivity contribution in [2.24, 2.45) is 5.73 Å². The summed E-state index contributed by atoms with van der Waals surface area (Å²) in [6.45, 7) is 0.795. The topological polar surface area (TPSA) is 66.6 Å². The number of aliphatic carboxylic acids is 1. The van der Waals surface area contributed by atoms with Crippen molar-refractivity contribution in [1.29, 1.82) is 0 Å². The SMILES string of the molecule is CN(C)Cc1ccc(C(N)C(=O)O)cc1Br. The van der Waals surface area contributed by atoms with Gasteiger partial charge in [-0.3, -0.25) is 4.79 Å². The maximum absolute atomic E-state index is 10.7. The third-order valence-electron chi connectivity index (χ3n) is 2.19. The Morgan fingerprint density at radius 3 is 2.62 bits per heavy atom. The molecule has 1 rings (SSSR count). The summed E-state index contributed by atoms with van der Waals surface area (Å²) in [6, 6.07) is 4.44. The minimum absolute atomic E-state index is 0.599. The van der Waals surface area contributed by atoms with E-state index in [1.165, 1.54) is 0 Å². The first-order valence-corrected chi connectivity index (χ1v) is 5.62. The number of rotatable bonds is 4. The summed E-state index contributed by atoms with van der Waals surface area (Å²) in [5.74, 6) is -1.02. The molecule has 16 heavy (non-hydrogen) atoms. The molecule has 5 heteroatoms. The molecule has 0 saturated carbocycles. The molecule has 0 amide bonds. The van der Waals surface area contributed by atoms with Gasteiger partial charge in [0.2, 0.25) is 0 Å². The van der Waals surface area contributed by atoms with Crippen LogP contribution in [-0.2, 0) is 11.3 Å². The lowest BCUT2D eigenvalue weighted by Gasteiger charge is -2.13. The zero-order chi connectivity index (χ0) is 12.3. The van der Waals surface area contributed by atoms with E-state index in [0.29, 0.717) is 5.56 Å². The standard InChI is InChI=1S/C11H15BrN2O2/c1-14(2)6-8-4-3-7(5-9(8)12)10(13)11(15)16/h3-5,10H,6,13H2,1-2H3,(H,15,16). The monoisotopic (exact) mass is 286 g/mol. The number of hydrogen-bond acceptors (Lipinski definition) is 3. The van der Waals surface area contributed by atoms with Gasteiger partial charge in [0.1, 0.15) is 6.04 Å². The zero-order valence-electron chi connectivity index (χ0n) is 9.27. The van der Waals surface area contributed by atoms with Gasteiger partial charge in [-0.1, -0.05) is 28.1 Å². The highest BCUT2D eigenvalue weighted by molar-refractivity contribution is 9.10. The third kappa shape index (κ3) is 3.30. The predicted molar refractivity (Wildman–Crippen MR) is 66.1 cm³/mol. The van der Waals surface area contributed by atoms with E-state index < -0.39 is 12.0 Å². The first kappa shape index (κ1) is 13.2. The zero-order valence-corrected chi connectivity index (χ0v) is 10.9. The average molecular weight is 287 g/mol. The smallest absolute Gasteiger partial charge is 0.325 e. The molecule has 0 aromatic heterocycles. The van der Waals surface area contributed by atoms with Gasteiger partial charge in [0, 0.05) is 11.0 Å². The van der Waals surface area contributed by atoms with Crippen LogP contribution >= 0.6 is 15.9 Å². The fraction of sp³-hybridized carbons (Fsp3) is 0.364. The fourth-order valence-corrected chi connectivity index (χ4v) is 1.89. The van der Waals surface area contributed by atoms with E-state index in [0.717, 1.165) is 16.6 Å². The Kier molecular flexibility index (Phi) is 4.46. The average Bonchev–Trinajstić information content (AvgIpc) is 2.19. The molecule has 0 bridgehead atoms. The number of carboxylic acid groups (broad SMARTS) is 1. The van der Waals surface area contributed by atoms with Crippen molar-refractivity contribution in [2.45, 2.75) is 12.6 Å². The van der Waals surface area contributed by atoms with E-state index in [1.807, 2.05) is 25.1 Å². The number of halogens is 1. The highest BCUT2D eigenvalue weighted by Gasteiger charge is 2.15. The Morgan fingerprint density at radius 2 is 2.19 bits per heavy atom. The first-order valence-electron chi connectivity index (χ1n) is 4.83. The molecule has 4 nitrogen and oxygen atoms in total. The van der Waals surface area contributed by atoms with Crippen molar-refractivity contribution in [1.82, 2.24) is 4.90 Å². The molecule has 0 radical (unpaired) electrons. The molecule has 0 aliphatic rings. The third-order valence-corrected chi connectivity index (χ3v) is 2.93. The maximum Gasteiger partial charge on any atom is 0.325 e. The Balaban J connectivity index is 2.95. The lowest BCUT2D eigenvalue weighted by molar-refractivity contribution is -0.138. The van der Waals surface area contributed by atoms with E-state index in [-0.39, 0.29) is 0 Å². The summed E-state index contributed by atoms with van der Waals surface area (Å²) >= 11 is 3.42. The Bertz CT molecular complexity index is 394. The van der Waals surface area contributed by atoms with Crippen molar-refractivity contribution in [3.63, 3.8) is 0 Å². The molecular weight excluding hydrogens is 272 g/mol. The van der Waals surface area contributed by atoms with E-state index >= 15 is 0 Å². The van der Waals surface area contributed by atoms with Crippen LogP contribution < -0.4 is 5.73 Å². The molecule has 0 fully saturated rings. The minimum Gasteiger partial charge on any atom is -0.480 e. The van der Waals surface area contributed by atoms with Crippen LogP contribution in [0.2, 0.25) is 0 Å². The van der Waals surface area contributed by atoms with Gasteiger partial charge in [-0.15, -0.1) is 0 Å². The van der Waals surface area contributed by atoms with Gasteiger partial charge in [0.15, 0.2) is 0 Å². The minimum atomic E-state index is -1.02. The van der Waals surface area contributed by atoms with Gasteiger partial charge in [0.05, 0.1) is 0 Å². The number of nitrogens with two attached hydrogens (primary N) is 1. The van der Waals surface area contributed by atoms with E-state index in [4.69, 9.17) is 10.8 Å². The molecule has 1 aromatic carbocycles. The molecular formula is C11H15BrN2O2. The second-order valence-corrected chi connectivity index (χ2v) is 4.76. The Hall–Kier alpha value is -0.910. The second-order valence-electron chi connectivity index (χ2n) is 3.90. The Labute approximate surface area is 103 Å². The van der Waals surface area contributed by atoms with Crippen LogP contribution in [0.1, 0.15) is 17.2 Å². The lowest BCUT2D eigenvalue weighted by atomic mass is 10.1. The molecule has 1 atom stereocenters.